The van der Waals surface area contributed by atoms with Crippen molar-refractivity contribution in [3.8, 4) is 0 Å². The maximum absolute atomic E-state index is 12.0. The molecule has 118 valence electrons. The number of alkyl carbamates (subject to hydrolysis) is 1. The lowest BCUT2D eigenvalue weighted by atomic mass is 9.95. The van der Waals surface area contributed by atoms with Crippen LogP contribution in [-0.2, 0) is 16.1 Å². The maximum atomic E-state index is 12.0. The van der Waals surface area contributed by atoms with Crippen LogP contribution in [0.5, 0.6) is 0 Å². The molecular formula is C17H22N2O3. The van der Waals surface area contributed by atoms with E-state index in [2.05, 4.69) is 17.2 Å². The van der Waals surface area contributed by atoms with Gasteiger partial charge in [-0.15, -0.1) is 6.58 Å². The summed E-state index contributed by atoms with van der Waals surface area (Å²) in [6.45, 7) is 4.33. The van der Waals surface area contributed by atoms with Crippen molar-refractivity contribution in [2.75, 3.05) is 6.54 Å². The Hall–Kier alpha value is -2.14. The summed E-state index contributed by atoms with van der Waals surface area (Å²) in [6, 6.07) is 9.60. The van der Waals surface area contributed by atoms with Gasteiger partial charge in [0.1, 0.15) is 18.4 Å². The van der Waals surface area contributed by atoms with Gasteiger partial charge in [0.2, 0.25) is 0 Å². The Labute approximate surface area is 130 Å². The minimum absolute atomic E-state index is 0.170. The number of hydrogen-bond acceptors (Lipinski definition) is 4. The van der Waals surface area contributed by atoms with Crippen LogP contribution < -0.4 is 10.6 Å². The zero-order chi connectivity index (χ0) is 15.8. The van der Waals surface area contributed by atoms with Crippen molar-refractivity contribution >= 4 is 12.4 Å². The largest absolute Gasteiger partial charge is 0.445 e. The average Bonchev–Trinajstić information content (AvgIpc) is 2.77. The summed E-state index contributed by atoms with van der Waals surface area (Å²) in [4.78, 5) is 23.5. The van der Waals surface area contributed by atoms with Crippen LogP contribution in [0.25, 0.3) is 0 Å². The van der Waals surface area contributed by atoms with E-state index in [1.165, 1.54) is 0 Å². The molecule has 1 aromatic rings. The number of amides is 1. The lowest BCUT2D eigenvalue weighted by molar-refractivity contribution is -0.113. The number of carbonyl (C=O) groups is 2. The number of carbonyl (C=O) groups excluding carboxylic acids is 2. The van der Waals surface area contributed by atoms with E-state index in [1.807, 2.05) is 36.4 Å². The third-order valence-electron chi connectivity index (χ3n) is 3.89. The molecule has 0 saturated carbocycles. The van der Waals surface area contributed by atoms with Crippen LogP contribution in [0.1, 0.15) is 24.8 Å². The van der Waals surface area contributed by atoms with E-state index in [0.29, 0.717) is 13.0 Å². The lowest BCUT2D eigenvalue weighted by Gasteiger charge is -2.27. The van der Waals surface area contributed by atoms with Gasteiger partial charge in [0.05, 0.1) is 0 Å². The van der Waals surface area contributed by atoms with E-state index in [-0.39, 0.29) is 12.6 Å². The maximum Gasteiger partial charge on any atom is 0.408 e. The molecule has 1 amide bonds. The van der Waals surface area contributed by atoms with Gasteiger partial charge in [0.25, 0.3) is 0 Å². The molecule has 1 saturated heterocycles. The molecule has 2 rings (SSSR count). The molecule has 22 heavy (non-hydrogen) atoms. The highest BCUT2D eigenvalue weighted by Crippen LogP contribution is 2.18. The minimum Gasteiger partial charge on any atom is -0.445 e. The molecule has 1 aliphatic rings. The van der Waals surface area contributed by atoms with Crippen LogP contribution in [-0.4, -0.2) is 30.5 Å². The summed E-state index contributed by atoms with van der Waals surface area (Å²) in [6.07, 6.45) is 4.38. The molecule has 5 nitrogen and oxygen atoms in total. The average molecular weight is 302 g/mol. The molecule has 1 aromatic carbocycles. The Kier molecular flexibility index (Phi) is 5.72. The molecule has 1 fully saturated rings. The molecule has 0 radical (unpaired) electrons. The molecule has 0 spiro atoms. The number of ether oxygens (including phenoxy) is 1. The van der Waals surface area contributed by atoms with Crippen molar-refractivity contribution < 1.29 is 14.3 Å². The van der Waals surface area contributed by atoms with E-state index in [9.17, 15) is 9.59 Å². The first-order chi connectivity index (χ1) is 10.7. The molecule has 1 heterocycles. The first-order valence-electron chi connectivity index (χ1n) is 7.48. The van der Waals surface area contributed by atoms with E-state index >= 15 is 0 Å². The second-order valence-corrected chi connectivity index (χ2v) is 5.58. The standard InChI is InChI=1S/C17H22N2O3/c1-2-15-9-6-10-17(13-20,12-18-15)19-16(21)22-11-14-7-4-3-5-8-14/h2-5,7-8,13,15,18H,1,6,9-12H2,(H,19,21)/t15-,17-/m1/s1. The van der Waals surface area contributed by atoms with E-state index < -0.39 is 11.6 Å². The summed E-state index contributed by atoms with van der Waals surface area (Å²) in [5.41, 5.74) is -0.00515. The molecule has 0 bridgehead atoms. The third-order valence-corrected chi connectivity index (χ3v) is 3.89. The summed E-state index contributed by atoms with van der Waals surface area (Å²) in [5.74, 6) is 0. The fourth-order valence-electron chi connectivity index (χ4n) is 2.54. The quantitative estimate of drug-likeness (QED) is 0.646. The second-order valence-electron chi connectivity index (χ2n) is 5.58. The highest BCUT2D eigenvalue weighted by molar-refractivity contribution is 5.76. The second kappa shape index (κ2) is 7.75. The van der Waals surface area contributed by atoms with Crippen LogP contribution in [0.4, 0.5) is 4.79 Å². The monoisotopic (exact) mass is 302 g/mol. The zero-order valence-corrected chi connectivity index (χ0v) is 12.6. The third kappa shape index (κ3) is 4.43. The molecular weight excluding hydrogens is 280 g/mol. The smallest absolute Gasteiger partial charge is 0.408 e. The van der Waals surface area contributed by atoms with Gasteiger partial charge in [-0.1, -0.05) is 36.4 Å². The zero-order valence-electron chi connectivity index (χ0n) is 12.6. The predicted molar refractivity (Wildman–Crippen MR) is 84.4 cm³/mol. The van der Waals surface area contributed by atoms with Crippen molar-refractivity contribution in [3.63, 3.8) is 0 Å². The van der Waals surface area contributed by atoms with E-state index in [1.54, 1.807) is 0 Å². The molecule has 2 N–H and O–H groups in total. The Morgan fingerprint density at radius 3 is 2.91 bits per heavy atom. The van der Waals surface area contributed by atoms with Gasteiger partial charge in [0.15, 0.2) is 0 Å². The van der Waals surface area contributed by atoms with Crippen LogP contribution in [0.3, 0.4) is 0 Å². The number of aldehydes is 1. The summed E-state index contributed by atoms with van der Waals surface area (Å²) >= 11 is 0. The fourth-order valence-corrected chi connectivity index (χ4v) is 2.54. The van der Waals surface area contributed by atoms with Crippen LogP contribution in [0.15, 0.2) is 43.0 Å². The van der Waals surface area contributed by atoms with Gasteiger partial charge in [-0.05, 0) is 24.8 Å². The molecule has 5 heteroatoms. The fraction of sp³-hybridized carbons (Fsp3) is 0.412. The highest BCUT2D eigenvalue weighted by atomic mass is 16.5. The van der Waals surface area contributed by atoms with Crippen LogP contribution in [0.2, 0.25) is 0 Å². The molecule has 1 aliphatic heterocycles. The topological polar surface area (TPSA) is 67.4 Å². The van der Waals surface area contributed by atoms with Gasteiger partial charge in [-0.2, -0.15) is 0 Å². The van der Waals surface area contributed by atoms with Crippen molar-refractivity contribution in [2.24, 2.45) is 0 Å². The number of rotatable bonds is 5. The SMILES string of the molecule is C=C[C@@H]1CCC[C@@](C=O)(NC(=O)OCc2ccccc2)CN1. The number of benzene rings is 1. The predicted octanol–water partition coefficient (Wildman–Crippen LogP) is 2.18. The summed E-state index contributed by atoms with van der Waals surface area (Å²) in [7, 11) is 0. The van der Waals surface area contributed by atoms with Crippen molar-refractivity contribution in [3.05, 3.63) is 48.6 Å². The van der Waals surface area contributed by atoms with E-state index in [4.69, 9.17) is 4.74 Å². The van der Waals surface area contributed by atoms with Crippen molar-refractivity contribution in [1.82, 2.24) is 10.6 Å². The summed E-state index contributed by atoms with van der Waals surface area (Å²) in [5, 5.41) is 5.94. The highest BCUT2D eigenvalue weighted by Gasteiger charge is 2.34. The number of hydrogen-bond donors (Lipinski definition) is 2. The van der Waals surface area contributed by atoms with Crippen LogP contribution in [0, 0.1) is 0 Å². The first-order valence-corrected chi connectivity index (χ1v) is 7.48. The van der Waals surface area contributed by atoms with Gasteiger partial charge in [-0.25, -0.2) is 4.79 Å². The Bertz CT molecular complexity index is 518. The Morgan fingerprint density at radius 2 is 2.23 bits per heavy atom. The van der Waals surface area contributed by atoms with Gasteiger partial charge < -0.3 is 20.2 Å². The number of nitrogens with one attached hydrogen (secondary N) is 2. The van der Waals surface area contributed by atoms with Crippen molar-refractivity contribution in [1.29, 1.82) is 0 Å². The Morgan fingerprint density at radius 1 is 1.45 bits per heavy atom. The first kappa shape index (κ1) is 16.2. The van der Waals surface area contributed by atoms with Gasteiger partial charge in [-0.3, -0.25) is 0 Å². The van der Waals surface area contributed by atoms with Gasteiger partial charge in [0, 0.05) is 12.6 Å². The molecule has 2 atom stereocenters. The Balaban J connectivity index is 1.90. The molecule has 0 aromatic heterocycles. The molecule has 0 unspecified atom stereocenters. The minimum atomic E-state index is -0.911. The summed E-state index contributed by atoms with van der Waals surface area (Å²) < 4.78 is 5.19. The van der Waals surface area contributed by atoms with Gasteiger partial charge >= 0.3 is 6.09 Å². The normalized spacial score (nSPS) is 24.8. The van der Waals surface area contributed by atoms with E-state index in [0.717, 1.165) is 24.7 Å². The molecule has 0 aliphatic carbocycles. The lowest BCUT2D eigenvalue weighted by Crippen LogP contribution is -2.56. The van der Waals surface area contributed by atoms with Crippen LogP contribution >= 0.6 is 0 Å². The van der Waals surface area contributed by atoms with Crippen molar-refractivity contribution in [2.45, 2.75) is 37.5 Å².